The van der Waals surface area contributed by atoms with Gasteiger partial charge in [-0.05, 0) is 25.1 Å². The van der Waals surface area contributed by atoms with E-state index in [0.29, 0.717) is 6.54 Å². The van der Waals surface area contributed by atoms with Crippen molar-refractivity contribution in [2.45, 2.75) is 13.3 Å². The zero-order chi connectivity index (χ0) is 11.1. The third-order valence-electron chi connectivity index (χ3n) is 2.30. The van der Waals surface area contributed by atoms with E-state index in [2.05, 4.69) is 17.6 Å². The van der Waals surface area contributed by atoms with Crippen LogP contribution in [0.15, 0.2) is 24.3 Å². The number of amides is 1. The third kappa shape index (κ3) is 4.21. The number of benzene rings is 1. The van der Waals surface area contributed by atoms with E-state index in [1.54, 1.807) is 0 Å². The van der Waals surface area contributed by atoms with E-state index in [1.165, 1.54) is 0 Å². The Morgan fingerprint density at radius 1 is 1.25 bits per heavy atom. The first kappa shape index (κ1) is 14.9. The summed E-state index contributed by atoms with van der Waals surface area (Å²) in [7, 11) is 1.87. The van der Waals surface area contributed by atoms with Crippen LogP contribution >= 0.6 is 12.4 Å². The number of carbonyl (C=O) groups excluding carboxylic acids is 1. The highest BCUT2D eigenvalue weighted by atomic mass is 35.5. The molecule has 0 aromatic heterocycles. The van der Waals surface area contributed by atoms with Crippen LogP contribution in [0.2, 0.25) is 0 Å². The first-order valence-corrected chi connectivity index (χ1v) is 5.30. The molecule has 0 radical (unpaired) electrons. The molecule has 0 fully saturated rings. The van der Waals surface area contributed by atoms with Gasteiger partial charge in [0.2, 0.25) is 0 Å². The lowest BCUT2D eigenvalue weighted by Gasteiger charge is -2.08. The van der Waals surface area contributed by atoms with Crippen LogP contribution in [-0.4, -0.2) is 26.0 Å². The number of aryl methyl sites for hydroxylation is 1. The number of halogens is 1. The summed E-state index contributed by atoms with van der Waals surface area (Å²) in [6.45, 7) is 3.51. The molecule has 16 heavy (non-hydrogen) atoms. The minimum Gasteiger partial charge on any atom is -0.351 e. The fraction of sp³-hybridized carbons (Fsp3) is 0.417. The lowest BCUT2D eigenvalue weighted by atomic mass is 10.0. The molecule has 1 aromatic carbocycles. The fourth-order valence-electron chi connectivity index (χ4n) is 1.45. The molecular weight excluding hydrogens is 224 g/mol. The molecule has 3 nitrogen and oxygen atoms in total. The number of hydrogen-bond donors (Lipinski definition) is 2. The zero-order valence-electron chi connectivity index (χ0n) is 9.75. The maximum Gasteiger partial charge on any atom is 0.251 e. The van der Waals surface area contributed by atoms with Crippen LogP contribution in [0.4, 0.5) is 0 Å². The molecule has 0 unspecified atom stereocenters. The highest BCUT2D eigenvalue weighted by Gasteiger charge is 2.07. The van der Waals surface area contributed by atoms with Gasteiger partial charge >= 0.3 is 0 Å². The van der Waals surface area contributed by atoms with Crippen molar-refractivity contribution in [2.75, 3.05) is 20.1 Å². The summed E-state index contributed by atoms with van der Waals surface area (Å²) in [6, 6.07) is 7.72. The number of likely N-dealkylation sites (N-methyl/N-ethyl adjacent to an activating group) is 1. The summed E-state index contributed by atoms with van der Waals surface area (Å²) in [6.07, 6.45) is 0.885. The average molecular weight is 243 g/mol. The lowest BCUT2D eigenvalue weighted by Crippen LogP contribution is -2.30. The summed E-state index contributed by atoms with van der Waals surface area (Å²) < 4.78 is 0. The van der Waals surface area contributed by atoms with Crippen LogP contribution < -0.4 is 10.6 Å². The van der Waals surface area contributed by atoms with Crippen molar-refractivity contribution in [1.29, 1.82) is 0 Å². The maximum absolute atomic E-state index is 11.8. The van der Waals surface area contributed by atoms with Crippen molar-refractivity contribution in [1.82, 2.24) is 10.6 Å². The van der Waals surface area contributed by atoms with Gasteiger partial charge in [0.25, 0.3) is 5.91 Å². The second kappa shape index (κ2) is 8.13. The van der Waals surface area contributed by atoms with Crippen LogP contribution in [0, 0.1) is 0 Å². The van der Waals surface area contributed by atoms with Gasteiger partial charge in [0.05, 0.1) is 0 Å². The van der Waals surface area contributed by atoms with Gasteiger partial charge in [0, 0.05) is 18.7 Å². The molecule has 0 saturated carbocycles. The van der Waals surface area contributed by atoms with E-state index in [9.17, 15) is 4.79 Å². The normalized spacial score (nSPS) is 9.38. The molecule has 0 aliphatic heterocycles. The molecule has 0 atom stereocenters. The monoisotopic (exact) mass is 242 g/mol. The molecule has 1 aromatic rings. The fourth-order valence-corrected chi connectivity index (χ4v) is 1.45. The molecule has 0 heterocycles. The van der Waals surface area contributed by atoms with E-state index >= 15 is 0 Å². The molecule has 4 heteroatoms. The summed E-state index contributed by atoms with van der Waals surface area (Å²) in [5.41, 5.74) is 1.88. The molecule has 0 aliphatic carbocycles. The predicted molar refractivity (Wildman–Crippen MR) is 69.3 cm³/mol. The molecule has 0 spiro atoms. The Balaban J connectivity index is 0.00000225. The Labute approximate surface area is 103 Å². The summed E-state index contributed by atoms with van der Waals surface area (Å²) in [4.78, 5) is 11.8. The van der Waals surface area contributed by atoms with Crippen LogP contribution in [-0.2, 0) is 6.42 Å². The van der Waals surface area contributed by atoms with Crippen LogP contribution in [0.1, 0.15) is 22.8 Å². The molecule has 0 bridgehead atoms. The molecular formula is C12H19ClN2O. The summed E-state index contributed by atoms with van der Waals surface area (Å²) in [5, 5.41) is 5.86. The summed E-state index contributed by atoms with van der Waals surface area (Å²) in [5.74, 6) is 0.0164. The van der Waals surface area contributed by atoms with Crippen molar-refractivity contribution in [3.05, 3.63) is 35.4 Å². The van der Waals surface area contributed by atoms with Gasteiger partial charge in [-0.25, -0.2) is 0 Å². The second-order valence-corrected chi connectivity index (χ2v) is 3.37. The van der Waals surface area contributed by atoms with Crippen LogP contribution in [0.25, 0.3) is 0 Å². The molecule has 90 valence electrons. The van der Waals surface area contributed by atoms with E-state index in [1.807, 2.05) is 31.3 Å². The predicted octanol–water partition coefficient (Wildman–Crippen LogP) is 1.62. The van der Waals surface area contributed by atoms with Crippen molar-refractivity contribution in [3.8, 4) is 0 Å². The number of hydrogen-bond acceptors (Lipinski definition) is 2. The third-order valence-corrected chi connectivity index (χ3v) is 2.30. The average Bonchev–Trinajstić information content (AvgIpc) is 2.29. The van der Waals surface area contributed by atoms with Crippen LogP contribution in [0.5, 0.6) is 0 Å². The highest BCUT2D eigenvalue weighted by molar-refractivity contribution is 5.95. The number of nitrogens with one attached hydrogen (secondary N) is 2. The van der Waals surface area contributed by atoms with Gasteiger partial charge in [0.15, 0.2) is 0 Å². The van der Waals surface area contributed by atoms with Crippen LogP contribution in [0.3, 0.4) is 0 Å². The van der Waals surface area contributed by atoms with Gasteiger partial charge in [0.1, 0.15) is 0 Å². The first-order valence-electron chi connectivity index (χ1n) is 5.30. The Morgan fingerprint density at radius 2 is 1.94 bits per heavy atom. The minimum absolute atomic E-state index is 0. The van der Waals surface area contributed by atoms with Gasteiger partial charge < -0.3 is 10.6 Å². The Morgan fingerprint density at radius 3 is 2.56 bits per heavy atom. The van der Waals surface area contributed by atoms with Gasteiger partial charge in [-0.1, -0.05) is 25.1 Å². The topological polar surface area (TPSA) is 41.1 Å². The van der Waals surface area contributed by atoms with Gasteiger partial charge in [-0.3, -0.25) is 4.79 Å². The van der Waals surface area contributed by atoms with Crippen molar-refractivity contribution in [2.24, 2.45) is 0 Å². The van der Waals surface area contributed by atoms with E-state index in [4.69, 9.17) is 0 Å². The second-order valence-electron chi connectivity index (χ2n) is 3.37. The maximum atomic E-state index is 11.8. The van der Waals surface area contributed by atoms with Gasteiger partial charge in [-0.2, -0.15) is 0 Å². The quantitative estimate of drug-likeness (QED) is 0.771. The Bertz CT molecular complexity index is 329. The summed E-state index contributed by atoms with van der Waals surface area (Å²) >= 11 is 0. The Hall–Kier alpha value is -1.06. The number of rotatable bonds is 5. The lowest BCUT2D eigenvalue weighted by molar-refractivity contribution is 0.0953. The van der Waals surface area contributed by atoms with E-state index < -0.39 is 0 Å². The minimum atomic E-state index is 0. The molecule has 2 N–H and O–H groups in total. The zero-order valence-corrected chi connectivity index (χ0v) is 10.6. The van der Waals surface area contributed by atoms with Crippen molar-refractivity contribution < 1.29 is 4.79 Å². The first-order chi connectivity index (χ1) is 7.29. The standard InChI is InChI=1S/C12H18N2O.ClH/c1-3-10-6-4-5-7-11(10)12(15)14-9-8-13-2;/h4-7,13H,3,8-9H2,1-2H3,(H,14,15);1H. The SMILES string of the molecule is CCc1ccccc1C(=O)NCCNC.Cl. The smallest absolute Gasteiger partial charge is 0.251 e. The van der Waals surface area contributed by atoms with Crippen molar-refractivity contribution in [3.63, 3.8) is 0 Å². The van der Waals surface area contributed by atoms with Crippen molar-refractivity contribution >= 4 is 18.3 Å². The molecule has 1 amide bonds. The molecule has 0 saturated heterocycles. The number of carbonyl (C=O) groups is 1. The largest absolute Gasteiger partial charge is 0.351 e. The van der Waals surface area contributed by atoms with E-state index in [0.717, 1.165) is 24.1 Å². The highest BCUT2D eigenvalue weighted by Crippen LogP contribution is 2.08. The Kier molecular flexibility index (Phi) is 7.60. The van der Waals surface area contributed by atoms with Gasteiger partial charge in [-0.15, -0.1) is 12.4 Å². The molecule has 0 aliphatic rings. The van der Waals surface area contributed by atoms with E-state index in [-0.39, 0.29) is 18.3 Å². The molecule has 1 rings (SSSR count).